The number of alkyl halides is 3. The number of imidazole rings is 1. The smallest absolute Gasteiger partial charge is 0.416 e. The molecule has 0 saturated carbocycles. The van der Waals surface area contributed by atoms with E-state index < -0.39 is 59.3 Å². The SMILES string of the molecule is COCCn1cncc1CN(CC(Oc1ccc(F)c(C(N)=O)c1F)c1nc(-c2ccc(C(F)(F)F)cc2)c(Br)o1)C(=O)[O-]. The molecule has 11 nitrogen and oxygen atoms in total. The van der Waals surface area contributed by atoms with Gasteiger partial charge in [0.05, 0.1) is 37.3 Å². The summed E-state index contributed by atoms with van der Waals surface area (Å²) in [7, 11) is 1.48. The molecule has 4 rings (SSSR count). The Balaban J connectivity index is 1.73. The number of amides is 2. The number of benzene rings is 2. The summed E-state index contributed by atoms with van der Waals surface area (Å²) in [5.74, 6) is -5.20. The van der Waals surface area contributed by atoms with Crippen LogP contribution in [0.1, 0.15) is 33.6 Å². The van der Waals surface area contributed by atoms with Crippen LogP contribution < -0.4 is 15.6 Å². The van der Waals surface area contributed by atoms with Crippen LogP contribution in [-0.4, -0.2) is 51.7 Å². The number of carboxylic acid groups (broad SMARTS) is 1. The second-order valence-electron chi connectivity index (χ2n) is 9.17. The molecular formula is C27H22BrF5N5O6-. The molecule has 234 valence electrons. The van der Waals surface area contributed by atoms with E-state index in [0.29, 0.717) is 18.8 Å². The molecule has 0 saturated heterocycles. The second-order valence-corrected chi connectivity index (χ2v) is 9.89. The number of ether oxygens (including phenoxy) is 2. The minimum atomic E-state index is -4.58. The first-order valence-electron chi connectivity index (χ1n) is 12.5. The van der Waals surface area contributed by atoms with Gasteiger partial charge in [-0.05, 0) is 40.2 Å². The van der Waals surface area contributed by atoms with E-state index in [1.54, 1.807) is 4.57 Å². The highest BCUT2D eigenvalue weighted by molar-refractivity contribution is 9.10. The predicted molar refractivity (Wildman–Crippen MR) is 143 cm³/mol. The van der Waals surface area contributed by atoms with Gasteiger partial charge in [0, 0.05) is 25.4 Å². The normalized spacial score (nSPS) is 12.2. The molecule has 1 atom stereocenters. The van der Waals surface area contributed by atoms with E-state index >= 15 is 4.39 Å². The van der Waals surface area contributed by atoms with Crippen molar-refractivity contribution >= 4 is 27.9 Å². The number of oxazole rings is 1. The molecule has 17 heteroatoms. The Morgan fingerprint density at radius 1 is 1.18 bits per heavy atom. The molecule has 2 heterocycles. The van der Waals surface area contributed by atoms with E-state index in [1.807, 2.05) is 0 Å². The van der Waals surface area contributed by atoms with Gasteiger partial charge < -0.3 is 39.0 Å². The van der Waals surface area contributed by atoms with Crippen molar-refractivity contribution in [3.63, 3.8) is 0 Å². The number of aromatic nitrogens is 3. The van der Waals surface area contributed by atoms with Crippen LogP contribution in [0.25, 0.3) is 11.3 Å². The number of carbonyl (C=O) groups is 2. The number of hydrogen-bond donors (Lipinski definition) is 1. The lowest BCUT2D eigenvalue weighted by Gasteiger charge is -2.29. The van der Waals surface area contributed by atoms with Crippen molar-refractivity contribution in [1.29, 1.82) is 0 Å². The van der Waals surface area contributed by atoms with Crippen molar-refractivity contribution in [2.45, 2.75) is 25.4 Å². The molecule has 0 aliphatic carbocycles. The van der Waals surface area contributed by atoms with Crippen LogP contribution in [0.5, 0.6) is 5.75 Å². The van der Waals surface area contributed by atoms with Crippen molar-refractivity contribution in [3.05, 3.63) is 87.9 Å². The number of methoxy groups -OCH3 is 1. The number of nitrogens with zero attached hydrogens (tertiary/aromatic N) is 4. The van der Waals surface area contributed by atoms with Crippen molar-refractivity contribution in [1.82, 2.24) is 19.4 Å². The second kappa shape index (κ2) is 13.4. The van der Waals surface area contributed by atoms with Gasteiger partial charge in [-0.2, -0.15) is 13.2 Å². The lowest BCUT2D eigenvalue weighted by atomic mass is 10.1. The predicted octanol–water partition coefficient (Wildman–Crippen LogP) is 4.31. The van der Waals surface area contributed by atoms with Gasteiger partial charge in [-0.15, -0.1) is 0 Å². The van der Waals surface area contributed by atoms with Crippen LogP contribution in [0, 0.1) is 11.6 Å². The van der Waals surface area contributed by atoms with Crippen molar-refractivity contribution in [2.24, 2.45) is 5.73 Å². The minimum Gasteiger partial charge on any atom is -0.530 e. The van der Waals surface area contributed by atoms with E-state index in [2.05, 4.69) is 25.9 Å². The van der Waals surface area contributed by atoms with Gasteiger partial charge in [-0.1, -0.05) is 12.1 Å². The van der Waals surface area contributed by atoms with Gasteiger partial charge >= 0.3 is 6.18 Å². The quantitative estimate of drug-likeness (QED) is 0.217. The zero-order valence-electron chi connectivity index (χ0n) is 22.6. The van der Waals surface area contributed by atoms with Crippen LogP contribution in [-0.2, 0) is 24.0 Å². The maximum atomic E-state index is 15.1. The zero-order valence-corrected chi connectivity index (χ0v) is 24.2. The summed E-state index contributed by atoms with van der Waals surface area (Å²) < 4.78 is 86.3. The third-order valence-corrected chi connectivity index (χ3v) is 6.80. The van der Waals surface area contributed by atoms with E-state index in [-0.39, 0.29) is 28.4 Å². The minimum absolute atomic E-state index is 0.0115. The number of hydrogen-bond acceptors (Lipinski definition) is 8. The van der Waals surface area contributed by atoms with Crippen molar-refractivity contribution < 1.29 is 50.5 Å². The van der Waals surface area contributed by atoms with Gasteiger partial charge in [0.15, 0.2) is 22.3 Å². The molecule has 0 aliphatic heterocycles. The van der Waals surface area contributed by atoms with Gasteiger partial charge in [0.2, 0.25) is 5.89 Å². The van der Waals surface area contributed by atoms with E-state index in [9.17, 15) is 32.3 Å². The highest BCUT2D eigenvalue weighted by Crippen LogP contribution is 2.36. The van der Waals surface area contributed by atoms with Crippen LogP contribution in [0.15, 0.2) is 58.0 Å². The number of rotatable bonds is 12. The summed E-state index contributed by atoms with van der Waals surface area (Å²) in [5.41, 5.74) is 3.71. The standard InChI is InChI=1S/C27H23BrF5N5O6/c1-42-9-8-37-13-35-10-16(37)11-38(26(40)41)12-19(43-18-7-6-17(29)20(21(18)30)24(34)39)25-36-22(23(28)44-25)14-2-4-15(5-3-14)27(31,32)33/h2-7,10,13,19H,8-9,11-12H2,1H3,(H2,34,39)(H,40,41)/p-1. The first-order chi connectivity index (χ1) is 20.8. The highest BCUT2D eigenvalue weighted by Gasteiger charge is 2.31. The molecule has 44 heavy (non-hydrogen) atoms. The number of carbonyl (C=O) groups excluding carboxylic acids is 2. The van der Waals surface area contributed by atoms with Gasteiger partial charge in [-0.3, -0.25) is 4.79 Å². The Morgan fingerprint density at radius 2 is 1.89 bits per heavy atom. The van der Waals surface area contributed by atoms with E-state index in [0.717, 1.165) is 41.3 Å². The van der Waals surface area contributed by atoms with Crippen LogP contribution in [0.3, 0.4) is 0 Å². The number of halogens is 6. The molecule has 2 N–H and O–H groups in total. The Kier molecular flexibility index (Phi) is 9.88. The Hall–Kier alpha value is -4.51. The van der Waals surface area contributed by atoms with E-state index in [4.69, 9.17) is 19.6 Å². The Labute approximate surface area is 254 Å². The molecule has 2 aromatic carbocycles. The Morgan fingerprint density at radius 3 is 2.50 bits per heavy atom. The summed E-state index contributed by atoms with van der Waals surface area (Å²) in [6.07, 6.45) is -4.96. The zero-order chi connectivity index (χ0) is 32.2. The molecule has 4 aromatic rings. The fourth-order valence-electron chi connectivity index (χ4n) is 4.09. The van der Waals surface area contributed by atoms with Gasteiger partial charge in [-0.25, -0.2) is 18.7 Å². The average molecular weight is 687 g/mol. The van der Waals surface area contributed by atoms with Crippen molar-refractivity contribution in [3.8, 4) is 17.0 Å². The maximum Gasteiger partial charge on any atom is 0.416 e. The molecular weight excluding hydrogens is 665 g/mol. The molecule has 2 amide bonds. The van der Waals surface area contributed by atoms with Crippen LogP contribution >= 0.6 is 15.9 Å². The molecule has 0 radical (unpaired) electrons. The number of nitrogens with two attached hydrogens (primary N) is 1. The Bertz CT molecular complexity index is 1640. The number of primary amides is 1. The largest absolute Gasteiger partial charge is 0.530 e. The highest BCUT2D eigenvalue weighted by atomic mass is 79.9. The fraction of sp³-hybridized carbons (Fsp3) is 0.259. The summed E-state index contributed by atoms with van der Waals surface area (Å²) in [4.78, 5) is 32.9. The molecule has 1 unspecified atom stereocenters. The molecule has 2 aromatic heterocycles. The summed E-state index contributed by atoms with van der Waals surface area (Å²) >= 11 is 3.14. The molecule has 0 fully saturated rings. The third-order valence-electron chi connectivity index (χ3n) is 6.27. The maximum absolute atomic E-state index is 15.1. The van der Waals surface area contributed by atoms with Crippen LogP contribution in [0.4, 0.5) is 26.7 Å². The monoisotopic (exact) mass is 686 g/mol. The summed E-state index contributed by atoms with van der Waals surface area (Å²) in [5, 5.41) is 12.2. The lowest BCUT2D eigenvalue weighted by molar-refractivity contribution is -0.267. The first kappa shape index (κ1) is 32.4. The summed E-state index contributed by atoms with van der Waals surface area (Å²) in [6.45, 7) is -0.270. The van der Waals surface area contributed by atoms with Gasteiger partial charge in [0.1, 0.15) is 23.2 Å². The van der Waals surface area contributed by atoms with Crippen molar-refractivity contribution in [2.75, 3.05) is 20.3 Å². The lowest BCUT2D eigenvalue weighted by Crippen LogP contribution is -2.44. The molecule has 0 spiro atoms. The topological polar surface area (TPSA) is 149 Å². The fourth-order valence-corrected chi connectivity index (χ4v) is 4.57. The molecule has 0 aliphatic rings. The summed E-state index contributed by atoms with van der Waals surface area (Å²) in [6, 6.07) is 5.50. The average Bonchev–Trinajstić information content (AvgIpc) is 3.57. The van der Waals surface area contributed by atoms with Crippen LogP contribution in [0.2, 0.25) is 0 Å². The van der Waals surface area contributed by atoms with Gasteiger partial charge in [0.25, 0.3) is 5.91 Å². The third kappa shape index (κ3) is 7.34. The first-order valence-corrected chi connectivity index (χ1v) is 13.3. The molecule has 0 bridgehead atoms. The van der Waals surface area contributed by atoms with E-state index in [1.165, 1.54) is 19.6 Å².